The molecule has 1 saturated heterocycles. The van der Waals surface area contributed by atoms with Crippen LogP contribution < -0.4 is 0 Å². The second-order valence-corrected chi connectivity index (χ2v) is 6.47. The molecule has 5 nitrogen and oxygen atoms in total. The lowest BCUT2D eigenvalue weighted by atomic mass is 10.1. The molecule has 2 rings (SSSR count). The second kappa shape index (κ2) is 8.01. The van der Waals surface area contributed by atoms with Crippen LogP contribution in [0.25, 0.3) is 0 Å². The third-order valence-corrected chi connectivity index (χ3v) is 4.04. The van der Waals surface area contributed by atoms with Crippen LogP contribution in [-0.2, 0) is 16.1 Å². The van der Waals surface area contributed by atoms with Gasteiger partial charge in [0.15, 0.2) is 0 Å². The Balaban J connectivity index is 1.90. The summed E-state index contributed by atoms with van der Waals surface area (Å²) in [7, 11) is 1.75. The first-order valence-corrected chi connectivity index (χ1v) is 7.91. The number of carboxylic acid groups (broad SMARTS) is 1. The van der Waals surface area contributed by atoms with Crippen molar-refractivity contribution in [1.82, 2.24) is 9.80 Å². The van der Waals surface area contributed by atoms with Crippen LogP contribution in [0.3, 0.4) is 0 Å². The Hall–Kier alpha value is -1.02. The fourth-order valence-corrected chi connectivity index (χ4v) is 2.99. The van der Waals surface area contributed by atoms with Crippen LogP contribution in [0.4, 0.5) is 4.39 Å². The molecular weight excluding hydrogens is 355 g/mol. The number of ether oxygens (including phenoxy) is 1. The van der Waals surface area contributed by atoms with E-state index < -0.39 is 5.97 Å². The van der Waals surface area contributed by atoms with Gasteiger partial charge in [-0.1, -0.05) is 15.9 Å². The summed E-state index contributed by atoms with van der Waals surface area (Å²) in [6, 6.07) is 4.93. The van der Waals surface area contributed by atoms with Gasteiger partial charge >= 0.3 is 5.97 Å². The molecular formula is C15H20BrFN2O3. The monoisotopic (exact) mass is 374 g/mol. The van der Waals surface area contributed by atoms with Gasteiger partial charge in [-0.05, 0) is 25.2 Å². The van der Waals surface area contributed by atoms with E-state index in [-0.39, 0.29) is 18.5 Å². The zero-order valence-corrected chi connectivity index (χ0v) is 14.1. The summed E-state index contributed by atoms with van der Waals surface area (Å²) < 4.78 is 20.4. The Morgan fingerprint density at radius 2 is 2.36 bits per heavy atom. The number of likely N-dealkylation sites (N-methyl/N-ethyl adjacent to an activating group) is 1. The number of morpholine rings is 1. The van der Waals surface area contributed by atoms with E-state index in [0.717, 1.165) is 11.0 Å². The van der Waals surface area contributed by atoms with Gasteiger partial charge in [-0.3, -0.25) is 14.6 Å². The molecule has 1 aromatic carbocycles. The fraction of sp³-hybridized carbons (Fsp3) is 0.533. The van der Waals surface area contributed by atoms with E-state index in [0.29, 0.717) is 31.8 Å². The van der Waals surface area contributed by atoms with Crippen molar-refractivity contribution in [2.75, 3.05) is 39.8 Å². The summed E-state index contributed by atoms with van der Waals surface area (Å²) >= 11 is 3.36. The highest BCUT2D eigenvalue weighted by molar-refractivity contribution is 9.10. The smallest absolute Gasteiger partial charge is 0.317 e. The molecule has 0 amide bonds. The van der Waals surface area contributed by atoms with E-state index >= 15 is 0 Å². The SMILES string of the molecule is CN(CC(=O)O)CC1CN(Cc2cc(Br)ccc2F)CCO1. The molecule has 1 aliphatic heterocycles. The third-order valence-electron chi connectivity index (χ3n) is 3.55. The van der Waals surface area contributed by atoms with E-state index in [9.17, 15) is 9.18 Å². The maximum absolute atomic E-state index is 13.8. The van der Waals surface area contributed by atoms with Crippen molar-refractivity contribution in [3.05, 3.63) is 34.1 Å². The number of hydrogen-bond donors (Lipinski definition) is 1. The number of rotatable bonds is 6. The molecule has 1 aliphatic rings. The molecule has 22 heavy (non-hydrogen) atoms. The summed E-state index contributed by atoms with van der Waals surface area (Å²) in [5.41, 5.74) is 0.647. The van der Waals surface area contributed by atoms with Gasteiger partial charge in [0.2, 0.25) is 0 Å². The summed E-state index contributed by atoms with van der Waals surface area (Å²) in [4.78, 5) is 14.5. The predicted octanol–water partition coefficient (Wildman–Crippen LogP) is 1.81. The molecule has 1 unspecified atom stereocenters. The maximum Gasteiger partial charge on any atom is 0.317 e. The molecule has 0 saturated carbocycles. The van der Waals surface area contributed by atoms with E-state index in [2.05, 4.69) is 20.8 Å². The Morgan fingerprint density at radius 3 is 3.09 bits per heavy atom. The molecule has 0 bridgehead atoms. The average Bonchev–Trinajstić information content (AvgIpc) is 2.42. The fourth-order valence-electron chi connectivity index (χ4n) is 2.58. The summed E-state index contributed by atoms with van der Waals surface area (Å²) in [5.74, 6) is -1.07. The molecule has 0 aliphatic carbocycles. The Kier molecular flexibility index (Phi) is 6.31. The number of carboxylic acids is 1. The average molecular weight is 375 g/mol. The van der Waals surface area contributed by atoms with Crippen LogP contribution in [0.15, 0.2) is 22.7 Å². The van der Waals surface area contributed by atoms with E-state index in [1.807, 2.05) is 0 Å². The Bertz CT molecular complexity index is 530. The lowest BCUT2D eigenvalue weighted by Crippen LogP contribution is -2.47. The number of halogens is 2. The minimum absolute atomic E-state index is 0.0138. The van der Waals surface area contributed by atoms with Gasteiger partial charge < -0.3 is 9.84 Å². The van der Waals surface area contributed by atoms with E-state index in [1.165, 1.54) is 6.07 Å². The molecule has 7 heteroatoms. The normalized spacial score (nSPS) is 19.5. The van der Waals surface area contributed by atoms with E-state index in [4.69, 9.17) is 9.84 Å². The molecule has 1 aromatic rings. The first-order valence-electron chi connectivity index (χ1n) is 7.12. The van der Waals surface area contributed by atoms with Crippen LogP contribution in [0.5, 0.6) is 0 Å². The summed E-state index contributed by atoms with van der Waals surface area (Å²) in [5, 5.41) is 8.78. The van der Waals surface area contributed by atoms with Crippen molar-refractivity contribution in [2.45, 2.75) is 12.6 Å². The molecule has 1 fully saturated rings. The van der Waals surface area contributed by atoms with Crippen LogP contribution >= 0.6 is 15.9 Å². The number of aliphatic carboxylic acids is 1. The van der Waals surface area contributed by atoms with Gasteiger partial charge in [-0.2, -0.15) is 0 Å². The lowest BCUT2D eigenvalue weighted by molar-refractivity contribution is -0.138. The first kappa shape index (κ1) is 17.3. The summed E-state index contributed by atoms with van der Waals surface area (Å²) in [6.07, 6.45) is -0.0617. The van der Waals surface area contributed by atoms with Crippen LogP contribution in [-0.4, -0.2) is 66.8 Å². The van der Waals surface area contributed by atoms with Crippen molar-refractivity contribution in [2.24, 2.45) is 0 Å². The van der Waals surface area contributed by atoms with Crippen molar-refractivity contribution in [1.29, 1.82) is 0 Å². The Labute approximate surface area is 137 Å². The van der Waals surface area contributed by atoms with Crippen LogP contribution in [0.1, 0.15) is 5.56 Å². The number of nitrogens with zero attached hydrogens (tertiary/aromatic N) is 2. The van der Waals surface area contributed by atoms with Gasteiger partial charge in [0.05, 0.1) is 19.3 Å². The topological polar surface area (TPSA) is 53.0 Å². The highest BCUT2D eigenvalue weighted by Crippen LogP contribution is 2.18. The molecule has 0 radical (unpaired) electrons. The zero-order chi connectivity index (χ0) is 16.1. The molecule has 0 spiro atoms. The minimum Gasteiger partial charge on any atom is -0.480 e. The molecule has 1 N–H and O–H groups in total. The molecule has 0 aromatic heterocycles. The zero-order valence-electron chi connectivity index (χ0n) is 12.5. The standard InChI is InChI=1S/C15H20BrFN2O3/c1-18(10-15(20)21)8-13-9-19(4-5-22-13)7-11-6-12(16)2-3-14(11)17/h2-3,6,13H,4-5,7-10H2,1H3,(H,20,21). The van der Waals surface area contributed by atoms with Gasteiger partial charge in [-0.25, -0.2) is 4.39 Å². The number of carbonyl (C=O) groups is 1. The van der Waals surface area contributed by atoms with Crippen molar-refractivity contribution in [3.63, 3.8) is 0 Å². The minimum atomic E-state index is -0.855. The number of hydrogen-bond acceptors (Lipinski definition) is 4. The van der Waals surface area contributed by atoms with Crippen LogP contribution in [0.2, 0.25) is 0 Å². The van der Waals surface area contributed by atoms with Gasteiger partial charge in [0.1, 0.15) is 5.82 Å². The molecule has 1 heterocycles. The highest BCUT2D eigenvalue weighted by Gasteiger charge is 2.23. The van der Waals surface area contributed by atoms with Crippen molar-refractivity contribution in [3.8, 4) is 0 Å². The highest BCUT2D eigenvalue weighted by atomic mass is 79.9. The lowest BCUT2D eigenvalue weighted by Gasteiger charge is -2.34. The molecule has 1 atom stereocenters. The summed E-state index contributed by atoms with van der Waals surface area (Å²) in [6.45, 7) is 3.03. The van der Waals surface area contributed by atoms with Gasteiger partial charge in [0.25, 0.3) is 0 Å². The van der Waals surface area contributed by atoms with Crippen molar-refractivity contribution >= 4 is 21.9 Å². The van der Waals surface area contributed by atoms with Crippen LogP contribution in [0, 0.1) is 5.82 Å². The Morgan fingerprint density at radius 1 is 1.59 bits per heavy atom. The quantitative estimate of drug-likeness (QED) is 0.822. The van der Waals surface area contributed by atoms with Crippen molar-refractivity contribution < 1.29 is 19.0 Å². The third kappa shape index (κ3) is 5.31. The van der Waals surface area contributed by atoms with Gasteiger partial charge in [0, 0.05) is 36.2 Å². The second-order valence-electron chi connectivity index (χ2n) is 5.55. The maximum atomic E-state index is 13.8. The van der Waals surface area contributed by atoms with E-state index in [1.54, 1.807) is 24.1 Å². The first-order chi connectivity index (χ1) is 10.4. The largest absolute Gasteiger partial charge is 0.480 e. The molecule has 122 valence electrons. The number of benzene rings is 1. The van der Waals surface area contributed by atoms with Gasteiger partial charge in [-0.15, -0.1) is 0 Å². The predicted molar refractivity (Wildman–Crippen MR) is 84.2 cm³/mol.